The summed E-state index contributed by atoms with van der Waals surface area (Å²) in [5.41, 5.74) is -0.742. The van der Waals surface area contributed by atoms with Gasteiger partial charge in [0.05, 0.1) is 17.8 Å². The van der Waals surface area contributed by atoms with Crippen LogP contribution in [0.1, 0.15) is 68.8 Å². The Balaban J connectivity index is 1.48. The molecule has 1 saturated carbocycles. The quantitative estimate of drug-likeness (QED) is 0.351. The van der Waals surface area contributed by atoms with Crippen LogP contribution in [0.25, 0.3) is 0 Å². The number of alkyl halides is 3. The fourth-order valence-corrected chi connectivity index (χ4v) is 5.68. The van der Waals surface area contributed by atoms with Gasteiger partial charge in [-0.3, -0.25) is 4.79 Å². The number of urea groups is 1. The van der Waals surface area contributed by atoms with Crippen molar-refractivity contribution in [2.45, 2.75) is 88.8 Å². The molecule has 1 aromatic heterocycles. The van der Waals surface area contributed by atoms with Crippen LogP contribution in [0.5, 0.6) is 5.75 Å². The monoisotopic (exact) mass is 604 g/mol. The second kappa shape index (κ2) is 12.1. The van der Waals surface area contributed by atoms with Gasteiger partial charge in [-0.05, 0) is 91.2 Å². The first kappa shape index (κ1) is 30.6. The molecule has 3 unspecified atom stereocenters. The lowest BCUT2D eigenvalue weighted by molar-refractivity contribution is -0.137. The minimum Gasteiger partial charge on any atom is -0.486 e. The highest BCUT2D eigenvalue weighted by Crippen LogP contribution is 2.38. The van der Waals surface area contributed by atoms with Crippen molar-refractivity contribution in [1.82, 2.24) is 30.8 Å². The highest BCUT2D eigenvalue weighted by Gasteiger charge is 2.41. The average molecular weight is 605 g/mol. The number of piperidine rings is 1. The predicted molar refractivity (Wildman–Crippen MR) is 156 cm³/mol. The molecule has 0 radical (unpaired) electrons. The van der Waals surface area contributed by atoms with Crippen LogP contribution < -0.4 is 31.3 Å². The number of likely N-dealkylation sites (tertiary alicyclic amines) is 1. The van der Waals surface area contributed by atoms with Crippen molar-refractivity contribution in [3.63, 3.8) is 0 Å². The highest BCUT2D eigenvalue weighted by atomic mass is 19.4. The largest absolute Gasteiger partial charge is 0.486 e. The van der Waals surface area contributed by atoms with E-state index < -0.39 is 47.3 Å². The molecule has 1 aliphatic carbocycles. The molecular weight excluding hydrogens is 565 g/mol. The van der Waals surface area contributed by atoms with E-state index in [9.17, 15) is 22.8 Å². The molecule has 14 heteroatoms. The van der Waals surface area contributed by atoms with E-state index in [0.29, 0.717) is 36.3 Å². The number of carbonyl (C=O) groups excluding carboxylic acids is 2. The molecule has 2 aliphatic heterocycles. The van der Waals surface area contributed by atoms with Gasteiger partial charge < -0.3 is 36.2 Å². The number of benzene rings is 1. The third kappa shape index (κ3) is 7.59. The summed E-state index contributed by atoms with van der Waals surface area (Å²) < 4.78 is 48.4. The van der Waals surface area contributed by atoms with Gasteiger partial charge in [0.2, 0.25) is 5.95 Å². The third-order valence-electron chi connectivity index (χ3n) is 7.86. The van der Waals surface area contributed by atoms with Crippen molar-refractivity contribution in [3.05, 3.63) is 35.5 Å². The molecule has 3 amide bonds. The number of hydrogen-bond acceptors (Lipinski definition) is 8. The highest BCUT2D eigenvalue weighted by molar-refractivity contribution is 5.95. The number of fused-ring (bicyclic) bond motifs is 4. The molecule has 1 aromatic carbocycles. The van der Waals surface area contributed by atoms with Crippen LogP contribution >= 0.6 is 0 Å². The van der Waals surface area contributed by atoms with E-state index in [2.05, 4.69) is 48.5 Å². The van der Waals surface area contributed by atoms with Gasteiger partial charge in [0.25, 0.3) is 5.91 Å². The lowest BCUT2D eigenvalue weighted by Gasteiger charge is -2.40. The number of amides is 3. The molecule has 11 nitrogen and oxygen atoms in total. The van der Waals surface area contributed by atoms with Gasteiger partial charge in [0.15, 0.2) is 0 Å². The SMILES string of the molecule is CN1CCC(NC(=O)c2ccc3c(c2)OC2CCCC(NC(=O)NC(C)(C)C)C2Nc2nc(ncc2C(F)(F)F)N3)CC1. The average Bonchev–Trinajstić information content (AvgIpc) is 2.90. The lowest BCUT2D eigenvalue weighted by Crippen LogP contribution is -2.59. The van der Waals surface area contributed by atoms with E-state index in [1.165, 1.54) is 0 Å². The summed E-state index contributed by atoms with van der Waals surface area (Å²) in [6.45, 7) is 7.31. The third-order valence-corrected chi connectivity index (χ3v) is 7.86. The summed E-state index contributed by atoms with van der Waals surface area (Å²) in [6, 6.07) is 3.17. The predicted octanol–water partition coefficient (Wildman–Crippen LogP) is 4.25. The molecule has 5 N–H and O–H groups in total. The molecule has 234 valence electrons. The number of nitrogens with one attached hydrogen (secondary N) is 5. The first-order valence-corrected chi connectivity index (χ1v) is 14.6. The van der Waals surface area contributed by atoms with Crippen LogP contribution in [0.15, 0.2) is 24.4 Å². The fourth-order valence-electron chi connectivity index (χ4n) is 5.68. The van der Waals surface area contributed by atoms with Crippen LogP contribution in [-0.2, 0) is 6.18 Å². The van der Waals surface area contributed by atoms with Crippen molar-refractivity contribution < 1.29 is 27.5 Å². The summed E-state index contributed by atoms with van der Waals surface area (Å²) in [5, 5.41) is 14.8. The zero-order valence-corrected chi connectivity index (χ0v) is 24.8. The van der Waals surface area contributed by atoms with E-state index in [1.807, 2.05) is 20.8 Å². The van der Waals surface area contributed by atoms with Crippen LogP contribution in [0.4, 0.5) is 35.4 Å². The Kier molecular flexibility index (Phi) is 8.59. The molecule has 2 aromatic rings. The standard InChI is InChI=1S/C29H39F3N8O3/c1-28(2,3)39-27(42)36-20-6-5-7-21-23(20)37-24-18(29(30,31)32)15-33-26(38-24)35-19-9-8-16(14-22(19)43-21)25(41)34-17-10-12-40(4)13-11-17/h8-9,14-15,17,20-21,23H,5-7,10-13H2,1-4H3,(H,34,41)(H2,36,39,42)(H2,33,35,37,38). The van der Waals surface area contributed by atoms with Gasteiger partial charge in [-0.15, -0.1) is 0 Å². The zero-order valence-electron chi connectivity index (χ0n) is 24.8. The Morgan fingerprint density at radius 1 is 1.07 bits per heavy atom. The normalized spacial score (nSPS) is 22.9. The summed E-state index contributed by atoms with van der Waals surface area (Å²) in [4.78, 5) is 36.3. The van der Waals surface area contributed by atoms with Crippen molar-refractivity contribution in [2.24, 2.45) is 0 Å². The number of ether oxygens (including phenoxy) is 1. The molecule has 5 rings (SSSR count). The van der Waals surface area contributed by atoms with Crippen LogP contribution in [0.2, 0.25) is 0 Å². The molecule has 1 saturated heterocycles. The van der Waals surface area contributed by atoms with E-state index in [-0.39, 0.29) is 17.9 Å². The Labute approximate surface area is 248 Å². The molecular formula is C29H39F3N8O3. The van der Waals surface area contributed by atoms with Gasteiger partial charge in [0, 0.05) is 23.3 Å². The van der Waals surface area contributed by atoms with Crippen molar-refractivity contribution in [2.75, 3.05) is 30.8 Å². The summed E-state index contributed by atoms with van der Waals surface area (Å²) in [7, 11) is 2.05. The van der Waals surface area contributed by atoms with E-state index in [1.54, 1.807) is 18.2 Å². The Morgan fingerprint density at radius 2 is 1.81 bits per heavy atom. The minimum absolute atomic E-state index is 0.0634. The van der Waals surface area contributed by atoms with Gasteiger partial charge >= 0.3 is 12.2 Å². The smallest absolute Gasteiger partial charge is 0.421 e. The van der Waals surface area contributed by atoms with Gasteiger partial charge in [-0.1, -0.05) is 0 Å². The molecule has 3 heterocycles. The number of hydrogen-bond donors (Lipinski definition) is 5. The van der Waals surface area contributed by atoms with Crippen molar-refractivity contribution >= 4 is 29.4 Å². The van der Waals surface area contributed by atoms with Crippen molar-refractivity contribution in [1.29, 1.82) is 0 Å². The number of anilines is 3. The number of nitrogens with zero attached hydrogens (tertiary/aromatic N) is 3. The molecule has 2 bridgehead atoms. The number of halogens is 3. The first-order chi connectivity index (χ1) is 20.2. The molecule has 2 fully saturated rings. The van der Waals surface area contributed by atoms with Gasteiger partial charge in [0.1, 0.15) is 23.2 Å². The summed E-state index contributed by atoms with van der Waals surface area (Å²) >= 11 is 0. The van der Waals surface area contributed by atoms with Crippen LogP contribution in [-0.4, -0.2) is 76.7 Å². The fraction of sp³-hybridized carbons (Fsp3) is 0.586. The van der Waals surface area contributed by atoms with Gasteiger partial charge in [-0.2, -0.15) is 18.2 Å². The number of carbonyl (C=O) groups is 2. The maximum absolute atomic E-state index is 14.0. The van der Waals surface area contributed by atoms with Crippen LogP contribution in [0, 0.1) is 0 Å². The van der Waals surface area contributed by atoms with E-state index >= 15 is 0 Å². The summed E-state index contributed by atoms with van der Waals surface area (Å²) in [6.07, 6.45) is -1.26. The molecule has 0 spiro atoms. The number of aromatic nitrogens is 2. The minimum atomic E-state index is -4.71. The maximum Gasteiger partial charge on any atom is 0.421 e. The maximum atomic E-state index is 14.0. The Morgan fingerprint density at radius 3 is 2.51 bits per heavy atom. The Hall–Kier alpha value is -3.81. The molecule has 3 aliphatic rings. The van der Waals surface area contributed by atoms with Gasteiger partial charge in [-0.25, -0.2) is 9.78 Å². The molecule has 3 atom stereocenters. The Bertz CT molecular complexity index is 1340. The van der Waals surface area contributed by atoms with E-state index in [0.717, 1.165) is 32.1 Å². The van der Waals surface area contributed by atoms with E-state index in [4.69, 9.17) is 4.74 Å². The second-order valence-electron chi connectivity index (χ2n) is 12.6. The lowest BCUT2D eigenvalue weighted by atomic mass is 9.87. The number of rotatable bonds is 3. The summed E-state index contributed by atoms with van der Waals surface area (Å²) in [5.74, 6) is -0.387. The van der Waals surface area contributed by atoms with Crippen molar-refractivity contribution in [3.8, 4) is 5.75 Å². The first-order valence-electron chi connectivity index (χ1n) is 14.6. The topological polar surface area (TPSA) is 133 Å². The second-order valence-corrected chi connectivity index (χ2v) is 12.6. The van der Waals surface area contributed by atoms with Crippen LogP contribution in [0.3, 0.4) is 0 Å². The zero-order chi connectivity index (χ0) is 30.9. The molecule has 43 heavy (non-hydrogen) atoms.